The van der Waals surface area contributed by atoms with Gasteiger partial charge in [-0.2, -0.15) is 5.10 Å². The minimum atomic E-state index is -0.138. The number of thiazole rings is 1. The lowest BCUT2D eigenvalue weighted by molar-refractivity contribution is 0.940. The molecule has 5 nitrogen and oxygen atoms in total. The fraction of sp³-hybridized carbons (Fsp3) is 0.100. The van der Waals surface area contributed by atoms with Gasteiger partial charge in [0.25, 0.3) is 5.56 Å². The van der Waals surface area contributed by atoms with Gasteiger partial charge in [-0.3, -0.25) is 4.79 Å². The summed E-state index contributed by atoms with van der Waals surface area (Å²) in [5.74, 6) is 0. The number of fused-ring (bicyclic) bond motifs is 1. The van der Waals surface area contributed by atoms with E-state index in [2.05, 4.69) is 15.1 Å². The summed E-state index contributed by atoms with van der Waals surface area (Å²) >= 11 is 1.54. The average molecular weight is 232 g/mol. The highest BCUT2D eigenvalue weighted by Crippen LogP contribution is 2.22. The molecule has 6 heteroatoms. The van der Waals surface area contributed by atoms with E-state index in [0.29, 0.717) is 5.52 Å². The maximum absolute atomic E-state index is 11.7. The lowest BCUT2D eigenvalue weighted by Gasteiger charge is -1.98. The first-order valence-corrected chi connectivity index (χ1v) is 5.55. The van der Waals surface area contributed by atoms with Gasteiger partial charge in [0.1, 0.15) is 5.52 Å². The second-order valence-corrected chi connectivity index (χ2v) is 4.64. The number of hydrogen-bond acceptors (Lipinski definition) is 4. The molecule has 0 atom stereocenters. The fourth-order valence-corrected chi connectivity index (χ4v) is 2.29. The lowest BCUT2D eigenvalue weighted by Crippen LogP contribution is -2.10. The maximum Gasteiger partial charge on any atom is 0.274 e. The molecule has 1 N–H and O–H groups in total. The van der Waals surface area contributed by atoms with Crippen molar-refractivity contribution in [1.82, 2.24) is 19.6 Å². The van der Waals surface area contributed by atoms with Crippen molar-refractivity contribution in [2.24, 2.45) is 0 Å². The lowest BCUT2D eigenvalue weighted by atomic mass is 10.4. The van der Waals surface area contributed by atoms with Gasteiger partial charge in [-0.05, 0) is 13.0 Å². The van der Waals surface area contributed by atoms with Crippen molar-refractivity contribution in [3.05, 3.63) is 40.0 Å². The van der Waals surface area contributed by atoms with Crippen molar-refractivity contribution in [1.29, 1.82) is 0 Å². The third-order valence-electron chi connectivity index (χ3n) is 2.29. The van der Waals surface area contributed by atoms with Crippen LogP contribution in [0, 0.1) is 6.92 Å². The van der Waals surface area contributed by atoms with Gasteiger partial charge in [0.15, 0.2) is 0 Å². The highest BCUT2D eigenvalue weighted by molar-refractivity contribution is 7.15. The highest BCUT2D eigenvalue weighted by Gasteiger charge is 2.06. The predicted octanol–water partition coefficient (Wildman–Crippen LogP) is 1.45. The molecule has 0 aliphatic rings. The number of aromatic amines is 1. The normalized spacial score (nSPS) is 11.1. The molecule has 0 amide bonds. The Morgan fingerprint density at radius 2 is 2.38 bits per heavy atom. The molecule has 0 unspecified atom stereocenters. The molecule has 0 radical (unpaired) electrons. The van der Waals surface area contributed by atoms with Crippen LogP contribution in [0.2, 0.25) is 0 Å². The van der Waals surface area contributed by atoms with Gasteiger partial charge < -0.3 is 4.98 Å². The number of hydrogen-bond donors (Lipinski definition) is 1. The Labute approximate surface area is 94.4 Å². The van der Waals surface area contributed by atoms with Crippen molar-refractivity contribution in [3.8, 4) is 10.6 Å². The van der Waals surface area contributed by atoms with E-state index < -0.39 is 0 Å². The summed E-state index contributed by atoms with van der Waals surface area (Å²) in [5, 5.41) is 5.02. The van der Waals surface area contributed by atoms with E-state index in [-0.39, 0.29) is 5.56 Å². The molecule has 0 aliphatic carbocycles. The van der Waals surface area contributed by atoms with Crippen LogP contribution < -0.4 is 5.56 Å². The summed E-state index contributed by atoms with van der Waals surface area (Å²) in [7, 11) is 0. The van der Waals surface area contributed by atoms with Crippen LogP contribution in [0.5, 0.6) is 0 Å². The van der Waals surface area contributed by atoms with Crippen LogP contribution >= 0.6 is 11.3 Å². The molecule has 0 bridgehead atoms. The van der Waals surface area contributed by atoms with Gasteiger partial charge in [-0.1, -0.05) is 0 Å². The highest BCUT2D eigenvalue weighted by atomic mass is 32.1. The molecule has 0 fully saturated rings. The molecular formula is C10H8N4OS. The van der Waals surface area contributed by atoms with Crippen molar-refractivity contribution >= 4 is 16.9 Å². The molecule has 3 heterocycles. The van der Waals surface area contributed by atoms with E-state index in [1.165, 1.54) is 11.3 Å². The molecule has 0 spiro atoms. The van der Waals surface area contributed by atoms with Crippen molar-refractivity contribution < 1.29 is 0 Å². The molecule has 0 saturated carbocycles. The summed E-state index contributed by atoms with van der Waals surface area (Å²) in [6.07, 6.45) is 5.15. The smallest absolute Gasteiger partial charge is 0.274 e. The van der Waals surface area contributed by atoms with Crippen LogP contribution in [0.3, 0.4) is 0 Å². The number of rotatable bonds is 1. The Morgan fingerprint density at radius 3 is 3.12 bits per heavy atom. The molecule has 0 saturated heterocycles. The molecule has 0 aliphatic heterocycles. The SMILES string of the molecule is Cc1ncc(-c2cn3nccc3c(=O)[nH]2)s1. The second kappa shape index (κ2) is 3.28. The van der Waals surface area contributed by atoms with Crippen LogP contribution in [0.25, 0.3) is 16.1 Å². The van der Waals surface area contributed by atoms with Crippen molar-refractivity contribution in [2.45, 2.75) is 6.92 Å². The van der Waals surface area contributed by atoms with E-state index in [1.54, 1.807) is 29.2 Å². The number of aromatic nitrogens is 4. The molecule has 3 rings (SSSR count). The summed E-state index contributed by atoms with van der Waals surface area (Å²) in [6.45, 7) is 1.93. The van der Waals surface area contributed by atoms with Crippen molar-refractivity contribution in [2.75, 3.05) is 0 Å². The predicted molar refractivity (Wildman–Crippen MR) is 61.7 cm³/mol. The van der Waals surface area contributed by atoms with E-state index >= 15 is 0 Å². The van der Waals surface area contributed by atoms with E-state index in [4.69, 9.17) is 0 Å². The van der Waals surface area contributed by atoms with Crippen LogP contribution in [0.4, 0.5) is 0 Å². The van der Waals surface area contributed by atoms with Gasteiger partial charge >= 0.3 is 0 Å². The second-order valence-electron chi connectivity index (χ2n) is 3.40. The zero-order valence-electron chi connectivity index (χ0n) is 8.47. The average Bonchev–Trinajstić information content (AvgIpc) is 2.85. The van der Waals surface area contributed by atoms with E-state index in [9.17, 15) is 4.79 Å². The quantitative estimate of drug-likeness (QED) is 0.690. The Balaban J connectivity index is 2.28. The van der Waals surface area contributed by atoms with Crippen LogP contribution in [0.15, 0.2) is 29.5 Å². The number of H-pyrrole nitrogens is 1. The number of aryl methyl sites for hydroxylation is 1. The maximum atomic E-state index is 11.7. The van der Waals surface area contributed by atoms with Crippen LogP contribution in [-0.2, 0) is 0 Å². The van der Waals surface area contributed by atoms with E-state index in [0.717, 1.165) is 15.6 Å². The molecule has 3 aromatic rings. The first-order valence-electron chi connectivity index (χ1n) is 4.73. The Bertz CT molecular complexity index is 709. The Morgan fingerprint density at radius 1 is 1.50 bits per heavy atom. The van der Waals surface area contributed by atoms with Gasteiger partial charge in [-0.25, -0.2) is 9.50 Å². The largest absolute Gasteiger partial charge is 0.318 e. The first kappa shape index (κ1) is 9.29. The zero-order valence-corrected chi connectivity index (χ0v) is 9.28. The Hall–Kier alpha value is -1.95. The third-order valence-corrected chi connectivity index (χ3v) is 3.24. The standard InChI is InChI=1S/C10H8N4OS/c1-6-11-4-9(16-6)7-5-14-8(2-3-12-14)10(15)13-7/h2-5H,1H3,(H,13,15). The fourth-order valence-electron chi connectivity index (χ4n) is 1.55. The minimum absolute atomic E-state index is 0.138. The van der Waals surface area contributed by atoms with Crippen LogP contribution in [0.1, 0.15) is 5.01 Å². The number of nitrogens with one attached hydrogen (secondary N) is 1. The van der Waals surface area contributed by atoms with Gasteiger partial charge in [0, 0.05) is 6.20 Å². The first-order chi connectivity index (χ1) is 7.74. The zero-order chi connectivity index (χ0) is 11.1. The third kappa shape index (κ3) is 1.35. The van der Waals surface area contributed by atoms with Crippen molar-refractivity contribution in [3.63, 3.8) is 0 Å². The van der Waals surface area contributed by atoms with Crippen LogP contribution in [-0.4, -0.2) is 19.6 Å². The van der Waals surface area contributed by atoms with E-state index in [1.807, 2.05) is 6.92 Å². The molecule has 16 heavy (non-hydrogen) atoms. The summed E-state index contributed by atoms with van der Waals surface area (Å²) < 4.78 is 1.57. The minimum Gasteiger partial charge on any atom is -0.318 e. The summed E-state index contributed by atoms with van der Waals surface area (Å²) in [4.78, 5) is 19.6. The number of nitrogens with zero attached hydrogens (tertiary/aromatic N) is 3. The molecular weight excluding hydrogens is 224 g/mol. The molecule has 3 aromatic heterocycles. The monoisotopic (exact) mass is 232 g/mol. The Kier molecular flexibility index (Phi) is 1.90. The molecule has 0 aromatic carbocycles. The summed E-state index contributed by atoms with van der Waals surface area (Å²) in [5.41, 5.74) is 1.15. The topological polar surface area (TPSA) is 63.1 Å². The summed E-state index contributed by atoms with van der Waals surface area (Å²) in [6, 6.07) is 1.68. The molecule has 80 valence electrons. The van der Waals surface area contributed by atoms with Gasteiger partial charge in [0.05, 0.1) is 28.0 Å². The van der Waals surface area contributed by atoms with Gasteiger partial charge in [0.2, 0.25) is 0 Å². The van der Waals surface area contributed by atoms with Gasteiger partial charge in [-0.15, -0.1) is 11.3 Å².